The molecule has 0 radical (unpaired) electrons. The number of anilines is 2. The van der Waals surface area contributed by atoms with Crippen LogP contribution in [-0.4, -0.2) is 30.1 Å². The second kappa shape index (κ2) is 5.48. The third kappa shape index (κ3) is 2.78. The van der Waals surface area contributed by atoms with Gasteiger partial charge in [-0.25, -0.2) is 9.37 Å². The van der Waals surface area contributed by atoms with Crippen LogP contribution in [0.15, 0.2) is 6.20 Å². The highest BCUT2D eigenvalue weighted by Gasteiger charge is 2.12. The molecule has 0 aliphatic heterocycles. The summed E-state index contributed by atoms with van der Waals surface area (Å²) in [4.78, 5) is 9.82. The zero-order chi connectivity index (χ0) is 11.3. The van der Waals surface area contributed by atoms with Crippen LogP contribution in [0.5, 0.6) is 0 Å². The van der Waals surface area contributed by atoms with Crippen LogP contribution < -0.4 is 10.2 Å². The van der Waals surface area contributed by atoms with Crippen LogP contribution in [0.2, 0.25) is 0 Å². The number of aromatic nitrogens is 2. The van der Waals surface area contributed by atoms with Gasteiger partial charge in [0.1, 0.15) is 0 Å². The van der Waals surface area contributed by atoms with E-state index in [1.165, 1.54) is 6.20 Å². The quantitative estimate of drug-likeness (QED) is 0.809. The highest BCUT2D eigenvalue weighted by atomic mass is 19.1. The van der Waals surface area contributed by atoms with E-state index in [0.29, 0.717) is 11.8 Å². The first-order chi connectivity index (χ1) is 7.22. The SMILES string of the molecule is CCCN(CC)c1nc(NC)ncc1F. The lowest BCUT2D eigenvalue weighted by molar-refractivity contribution is 0.602. The highest BCUT2D eigenvalue weighted by Crippen LogP contribution is 2.16. The zero-order valence-electron chi connectivity index (χ0n) is 9.42. The van der Waals surface area contributed by atoms with E-state index in [1.54, 1.807) is 7.05 Å². The van der Waals surface area contributed by atoms with Crippen LogP contribution in [0.3, 0.4) is 0 Å². The fourth-order valence-electron chi connectivity index (χ4n) is 1.38. The molecule has 0 saturated carbocycles. The van der Waals surface area contributed by atoms with E-state index >= 15 is 0 Å². The number of hydrogen-bond donors (Lipinski definition) is 1. The Balaban J connectivity index is 2.98. The maximum absolute atomic E-state index is 13.5. The fraction of sp³-hybridized carbons (Fsp3) is 0.600. The molecule has 0 aliphatic carbocycles. The lowest BCUT2D eigenvalue weighted by Crippen LogP contribution is -2.26. The largest absolute Gasteiger partial charge is 0.357 e. The van der Waals surface area contributed by atoms with Gasteiger partial charge in [0, 0.05) is 20.1 Å². The van der Waals surface area contributed by atoms with Crippen molar-refractivity contribution in [3.05, 3.63) is 12.0 Å². The molecule has 0 spiro atoms. The first-order valence-electron chi connectivity index (χ1n) is 5.18. The summed E-state index contributed by atoms with van der Waals surface area (Å²) in [7, 11) is 1.72. The minimum absolute atomic E-state index is 0.371. The Bertz CT molecular complexity index is 316. The zero-order valence-corrected chi connectivity index (χ0v) is 9.42. The van der Waals surface area contributed by atoms with E-state index in [0.717, 1.165) is 19.5 Å². The van der Waals surface area contributed by atoms with Crippen molar-refractivity contribution in [2.24, 2.45) is 0 Å². The molecular formula is C10H17FN4. The standard InChI is InChI=1S/C10H17FN4/c1-4-6-15(5-2)9-8(11)7-13-10(12-3)14-9/h7H,4-6H2,1-3H3,(H,12,13,14). The second-order valence-corrected chi connectivity index (χ2v) is 3.19. The third-order valence-electron chi connectivity index (χ3n) is 2.12. The third-order valence-corrected chi connectivity index (χ3v) is 2.12. The van der Waals surface area contributed by atoms with E-state index in [9.17, 15) is 4.39 Å². The predicted molar refractivity (Wildman–Crippen MR) is 59.7 cm³/mol. The molecule has 1 N–H and O–H groups in total. The van der Waals surface area contributed by atoms with Crippen LogP contribution in [-0.2, 0) is 0 Å². The molecule has 0 unspecified atom stereocenters. The molecular weight excluding hydrogens is 195 g/mol. The van der Waals surface area contributed by atoms with Crippen LogP contribution in [0.4, 0.5) is 16.2 Å². The summed E-state index contributed by atoms with van der Waals surface area (Å²) in [5.74, 6) is 0.448. The molecule has 0 amide bonds. The summed E-state index contributed by atoms with van der Waals surface area (Å²) in [5.41, 5.74) is 0. The van der Waals surface area contributed by atoms with Gasteiger partial charge in [-0.3, -0.25) is 0 Å². The van der Waals surface area contributed by atoms with Crippen molar-refractivity contribution in [2.45, 2.75) is 20.3 Å². The number of nitrogens with zero attached hydrogens (tertiary/aromatic N) is 3. The van der Waals surface area contributed by atoms with Crippen molar-refractivity contribution in [3.8, 4) is 0 Å². The van der Waals surface area contributed by atoms with Crippen molar-refractivity contribution in [1.29, 1.82) is 0 Å². The maximum Gasteiger partial charge on any atom is 0.224 e. The molecule has 84 valence electrons. The summed E-state index contributed by atoms with van der Waals surface area (Å²) in [5, 5.41) is 2.80. The van der Waals surface area contributed by atoms with Gasteiger partial charge in [0.15, 0.2) is 11.6 Å². The van der Waals surface area contributed by atoms with Gasteiger partial charge in [-0.2, -0.15) is 4.98 Å². The Morgan fingerprint density at radius 1 is 1.47 bits per heavy atom. The lowest BCUT2D eigenvalue weighted by atomic mass is 10.4. The monoisotopic (exact) mass is 212 g/mol. The van der Waals surface area contributed by atoms with Crippen molar-refractivity contribution < 1.29 is 4.39 Å². The first kappa shape index (κ1) is 11.7. The van der Waals surface area contributed by atoms with E-state index in [4.69, 9.17) is 0 Å². The topological polar surface area (TPSA) is 41.1 Å². The van der Waals surface area contributed by atoms with Crippen LogP contribution in [0, 0.1) is 5.82 Å². The van der Waals surface area contributed by atoms with Gasteiger partial charge in [-0.1, -0.05) is 6.92 Å². The summed E-state index contributed by atoms with van der Waals surface area (Å²) in [6.07, 6.45) is 2.17. The molecule has 5 heteroatoms. The normalized spacial score (nSPS) is 10.1. The molecule has 0 atom stereocenters. The highest BCUT2D eigenvalue weighted by molar-refractivity contribution is 5.43. The van der Waals surface area contributed by atoms with Gasteiger partial charge in [-0.05, 0) is 13.3 Å². The lowest BCUT2D eigenvalue weighted by Gasteiger charge is -2.21. The van der Waals surface area contributed by atoms with Crippen molar-refractivity contribution in [3.63, 3.8) is 0 Å². The van der Waals surface area contributed by atoms with Crippen LogP contribution >= 0.6 is 0 Å². The van der Waals surface area contributed by atoms with E-state index < -0.39 is 0 Å². The molecule has 0 bridgehead atoms. The molecule has 1 heterocycles. The second-order valence-electron chi connectivity index (χ2n) is 3.19. The summed E-state index contributed by atoms with van der Waals surface area (Å²) < 4.78 is 13.5. The number of nitrogens with one attached hydrogen (secondary N) is 1. The molecule has 4 nitrogen and oxygen atoms in total. The van der Waals surface area contributed by atoms with Gasteiger partial charge < -0.3 is 10.2 Å². The van der Waals surface area contributed by atoms with E-state index in [2.05, 4.69) is 22.2 Å². The molecule has 0 fully saturated rings. The summed E-state index contributed by atoms with van der Waals surface area (Å²) in [6, 6.07) is 0. The van der Waals surface area contributed by atoms with Crippen LogP contribution in [0.1, 0.15) is 20.3 Å². The van der Waals surface area contributed by atoms with Gasteiger partial charge in [-0.15, -0.1) is 0 Å². The Morgan fingerprint density at radius 3 is 2.73 bits per heavy atom. The molecule has 0 saturated heterocycles. The summed E-state index contributed by atoms with van der Waals surface area (Å²) >= 11 is 0. The number of halogens is 1. The molecule has 1 aromatic rings. The maximum atomic E-state index is 13.5. The van der Waals surface area contributed by atoms with Crippen molar-refractivity contribution in [2.75, 3.05) is 30.4 Å². The Hall–Kier alpha value is -1.39. The van der Waals surface area contributed by atoms with Crippen LogP contribution in [0.25, 0.3) is 0 Å². The van der Waals surface area contributed by atoms with Crippen molar-refractivity contribution in [1.82, 2.24) is 9.97 Å². The first-order valence-corrected chi connectivity index (χ1v) is 5.18. The summed E-state index contributed by atoms with van der Waals surface area (Å²) in [6.45, 7) is 5.58. The van der Waals surface area contributed by atoms with E-state index in [1.807, 2.05) is 11.8 Å². The Morgan fingerprint density at radius 2 is 2.20 bits per heavy atom. The smallest absolute Gasteiger partial charge is 0.224 e. The Kier molecular flexibility index (Phi) is 4.27. The predicted octanol–water partition coefficient (Wildman–Crippen LogP) is 1.89. The Labute approximate surface area is 89.5 Å². The fourth-order valence-corrected chi connectivity index (χ4v) is 1.38. The molecule has 1 aromatic heterocycles. The number of rotatable bonds is 5. The van der Waals surface area contributed by atoms with Gasteiger partial charge in [0.2, 0.25) is 5.95 Å². The molecule has 0 aliphatic rings. The minimum atomic E-state index is -0.371. The van der Waals surface area contributed by atoms with Gasteiger partial charge in [0.05, 0.1) is 6.20 Å². The van der Waals surface area contributed by atoms with Crippen molar-refractivity contribution >= 4 is 11.8 Å². The van der Waals surface area contributed by atoms with E-state index in [-0.39, 0.29) is 5.82 Å². The van der Waals surface area contributed by atoms with Gasteiger partial charge >= 0.3 is 0 Å². The molecule has 15 heavy (non-hydrogen) atoms. The average molecular weight is 212 g/mol. The molecule has 0 aromatic carbocycles. The minimum Gasteiger partial charge on any atom is -0.357 e. The van der Waals surface area contributed by atoms with Gasteiger partial charge in [0.25, 0.3) is 0 Å². The average Bonchev–Trinajstić information content (AvgIpc) is 2.27. The number of hydrogen-bond acceptors (Lipinski definition) is 4. The molecule has 1 rings (SSSR count).